The van der Waals surface area contributed by atoms with Crippen molar-refractivity contribution in [2.45, 2.75) is 19.4 Å². The molecule has 1 heterocycles. The minimum Gasteiger partial charge on any atom is -0.480 e. The minimum absolute atomic E-state index is 0.164. The highest BCUT2D eigenvalue weighted by Gasteiger charge is 2.28. The normalized spacial score (nSPS) is 10.9. The van der Waals surface area contributed by atoms with Gasteiger partial charge in [-0.25, -0.2) is 9.78 Å². The molecule has 1 aromatic rings. The average molecular weight is 223 g/mol. The molecule has 4 N–H and O–H groups in total. The SMILES string of the molecule is CC(C)(Nc1ncccc1C(N)=O)C(=O)O. The standard InChI is InChI=1S/C10H13N3O3/c1-10(2,9(15)16)13-8-6(7(11)14)4-3-5-12-8/h3-5H,1-2H3,(H2,11,14)(H,12,13)(H,15,16). The Balaban J connectivity index is 3.06. The molecule has 0 saturated heterocycles. The fourth-order valence-electron chi connectivity index (χ4n) is 1.05. The van der Waals surface area contributed by atoms with Crippen molar-refractivity contribution in [1.82, 2.24) is 4.98 Å². The van der Waals surface area contributed by atoms with Crippen LogP contribution in [-0.2, 0) is 4.79 Å². The molecule has 6 heteroatoms. The number of aromatic nitrogens is 1. The Labute approximate surface area is 92.5 Å². The highest BCUT2D eigenvalue weighted by Crippen LogP contribution is 2.16. The molecular weight excluding hydrogens is 210 g/mol. The molecule has 0 fully saturated rings. The summed E-state index contributed by atoms with van der Waals surface area (Å²) in [6.07, 6.45) is 1.45. The Kier molecular flexibility index (Phi) is 3.12. The van der Waals surface area contributed by atoms with Crippen LogP contribution in [-0.4, -0.2) is 27.5 Å². The van der Waals surface area contributed by atoms with Gasteiger partial charge < -0.3 is 16.2 Å². The van der Waals surface area contributed by atoms with Crippen molar-refractivity contribution in [1.29, 1.82) is 0 Å². The van der Waals surface area contributed by atoms with Crippen LogP contribution in [0.15, 0.2) is 18.3 Å². The van der Waals surface area contributed by atoms with E-state index in [1.54, 1.807) is 6.07 Å². The highest BCUT2D eigenvalue weighted by molar-refractivity contribution is 5.98. The number of carbonyl (C=O) groups is 2. The molecule has 0 atom stereocenters. The van der Waals surface area contributed by atoms with Gasteiger partial charge in [0.05, 0.1) is 5.56 Å². The number of nitrogens with two attached hydrogens (primary N) is 1. The van der Waals surface area contributed by atoms with Crippen molar-refractivity contribution in [3.63, 3.8) is 0 Å². The predicted octanol–water partition coefficient (Wildman–Crippen LogP) is 0.456. The van der Waals surface area contributed by atoms with Gasteiger partial charge in [-0.1, -0.05) is 0 Å². The third-order valence-corrected chi connectivity index (χ3v) is 2.04. The third-order valence-electron chi connectivity index (χ3n) is 2.04. The second-order valence-electron chi connectivity index (χ2n) is 3.82. The number of rotatable bonds is 4. The Morgan fingerprint density at radius 3 is 2.62 bits per heavy atom. The van der Waals surface area contributed by atoms with Crippen LogP contribution in [0.25, 0.3) is 0 Å². The number of hydrogen-bond acceptors (Lipinski definition) is 4. The number of nitrogens with zero attached hydrogens (tertiary/aromatic N) is 1. The highest BCUT2D eigenvalue weighted by atomic mass is 16.4. The summed E-state index contributed by atoms with van der Waals surface area (Å²) >= 11 is 0. The first-order valence-corrected chi connectivity index (χ1v) is 4.61. The number of hydrogen-bond donors (Lipinski definition) is 3. The van der Waals surface area contributed by atoms with Crippen molar-refractivity contribution in [2.24, 2.45) is 5.73 Å². The number of amides is 1. The smallest absolute Gasteiger partial charge is 0.328 e. The van der Waals surface area contributed by atoms with Crippen molar-refractivity contribution in [3.05, 3.63) is 23.9 Å². The molecule has 16 heavy (non-hydrogen) atoms. The van der Waals surface area contributed by atoms with Crippen molar-refractivity contribution < 1.29 is 14.7 Å². The van der Waals surface area contributed by atoms with Crippen LogP contribution in [0, 0.1) is 0 Å². The zero-order chi connectivity index (χ0) is 12.3. The van der Waals surface area contributed by atoms with Gasteiger partial charge in [-0.15, -0.1) is 0 Å². The lowest BCUT2D eigenvalue weighted by Crippen LogP contribution is -2.40. The molecule has 0 radical (unpaired) electrons. The third kappa shape index (κ3) is 2.47. The van der Waals surface area contributed by atoms with Gasteiger partial charge in [0.25, 0.3) is 5.91 Å². The summed E-state index contributed by atoms with van der Waals surface area (Å²) in [6.45, 7) is 2.93. The lowest BCUT2D eigenvalue weighted by Gasteiger charge is -2.22. The monoisotopic (exact) mass is 223 g/mol. The second kappa shape index (κ2) is 4.18. The van der Waals surface area contributed by atoms with E-state index < -0.39 is 17.4 Å². The van der Waals surface area contributed by atoms with Crippen LogP contribution in [0.2, 0.25) is 0 Å². The van der Waals surface area contributed by atoms with E-state index in [0.29, 0.717) is 0 Å². The fourth-order valence-corrected chi connectivity index (χ4v) is 1.05. The maximum absolute atomic E-state index is 11.1. The lowest BCUT2D eigenvalue weighted by atomic mass is 10.1. The van der Waals surface area contributed by atoms with E-state index in [2.05, 4.69) is 10.3 Å². The Bertz CT molecular complexity index is 429. The van der Waals surface area contributed by atoms with E-state index in [0.717, 1.165) is 0 Å². The summed E-state index contributed by atoms with van der Waals surface area (Å²) < 4.78 is 0. The molecule has 1 aromatic heterocycles. The van der Waals surface area contributed by atoms with Gasteiger partial charge in [-0.2, -0.15) is 0 Å². The maximum atomic E-state index is 11.1. The summed E-state index contributed by atoms with van der Waals surface area (Å²) in [7, 11) is 0. The van der Waals surface area contributed by atoms with E-state index in [-0.39, 0.29) is 11.4 Å². The second-order valence-corrected chi connectivity index (χ2v) is 3.82. The minimum atomic E-state index is -1.22. The molecule has 0 aliphatic rings. The zero-order valence-electron chi connectivity index (χ0n) is 9.02. The fraction of sp³-hybridized carbons (Fsp3) is 0.300. The van der Waals surface area contributed by atoms with Crippen molar-refractivity contribution >= 4 is 17.7 Å². The molecule has 0 spiro atoms. The van der Waals surface area contributed by atoms with Crippen LogP contribution >= 0.6 is 0 Å². The van der Waals surface area contributed by atoms with E-state index in [1.165, 1.54) is 26.1 Å². The number of nitrogens with one attached hydrogen (secondary N) is 1. The molecule has 1 amide bonds. The molecule has 0 aliphatic heterocycles. The molecule has 0 bridgehead atoms. The van der Waals surface area contributed by atoms with Crippen molar-refractivity contribution in [3.8, 4) is 0 Å². The van der Waals surface area contributed by atoms with Gasteiger partial charge >= 0.3 is 5.97 Å². The number of pyridine rings is 1. The molecule has 0 aliphatic carbocycles. The Morgan fingerprint density at radius 1 is 1.50 bits per heavy atom. The number of carboxylic acids is 1. The first kappa shape index (κ1) is 12.0. The summed E-state index contributed by atoms with van der Waals surface area (Å²) in [5, 5.41) is 11.6. The summed E-state index contributed by atoms with van der Waals surface area (Å²) in [5.74, 6) is -1.53. The van der Waals surface area contributed by atoms with Gasteiger partial charge in [0.2, 0.25) is 0 Å². The number of primary amides is 1. The summed E-state index contributed by atoms with van der Waals surface area (Å²) in [4.78, 5) is 25.9. The summed E-state index contributed by atoms with van der Waals surface area (Å²) in [5.41, 5.74) is 4.08. The van der Waals surface area contributed by atoms with Gasteiger partial charge in [0.1, 0.15) is 11.4 Å². The first-order valence-electron chi connectivity index (χ1n) is 4.61. The molecule has 6 nitrogen and oxygen atoms in total. The van der Waals surface area contributed by atoms with Gasteiger partial charge in [-0.05, 0) is 26.0 Å². The van der Waals surface area contributed by atoms with Crippen LogP contribution in [0.1, 0.15) is 24.2 Å². The van der Waals surface area contributed by atoms with E-state index >= 15 is 0 Å². The van der Waals surface area contributed by atoms with Crippen molar-refractivity contribution in [2.75, 3.05) is 5.32 Å². The molecular formula is C10H13N3O3. The van der Waals surface area contributed by atoms with Crippen LogP contribution in [0.4, 0.5) is 5.82 Å². The Hall–Kier alpha value is -2.11. The lowest BCUT2D eigenvalue weighted by molar-refractivity contribution is -0.141. The average Bonchev–Trinajstić information content (AvgIpc) is 2.17. The zero-order valence-corrected chi connectivity index (χ0v) is 9.02. The molecule has 0 saturated carbocycles. The number of aliphatic carboxylic acids is 1. The quantitative estimate of drug-likeness (QED) is 0.687. The van der Waals surface area contributed by atoms with E-state index in [4.69, 9.17) is 10.8 Å². The number of carboxylic acid groups (broad SMARTS) is 1. The maximum Gasteiger partial charge on any atom is 0.328 e. The first-order chi connectivity index (χ1) is 7.34. The Morgan fingerprint density at radius 2 is 2.12 bits per heavy atom. The van der Waals surface area contributed by atoms with E-state index in [9.17, 15) is 9.59 Å². The van der Waals surface area contributed by atoms with Crippen LogP contribution in [0.3, 0.4) is 0 Å². The topological polar surface area (TPSA) is 105 Å². The largest absolute Gasteiger partial charge is 0.480 e. The van der Waals surface area contributed by atoms with Crippen LogP contribution < -0.4 is 11.1 Å². The number of anilines is 1. The molecule has 0 unspecified atom stereocenters. The molecule has 0 aromatic carbocycles. The van der Waals surface area contributed by atoms with Gasteiger partial charge in [-0.3, -0.25) is 4.79 Å². The predicted molar refractivity (Wildman–Crippen MR) is 58.1 cm³/mol. The van der Waals surface area contributed by atoms with E-state index in [1.807, 2.05) is 0 Å². The molecule has 1 rings (SSSR count). The van der Waals surface area contributed by atoms with Gasteiger partial charge in [0.15, 0.2) is 0 Å². The molecule has 86 valence electrons. The van der Waals surface area contributed by atoms with Gasteiger partial charge in [0, 0.05) is 6.20 Å². The van der Waals surface area contributed by atoms with Crippen LogP contribution in [0.5, 0.6) is 0 Å². The summed E-state index contributed by atoms with van der Waals surface area (Å²) in [6, 6.07) is 3.04. The number of carbonyl (C=O) groups excluding carboxylic acids is 1.